The predicted molar refractivity (Wildman–Crippen MR) is 139 cm³/mol. The summed E-state index contributed by atoms with van der Waals surface area (Å²) >= 11 is 12.7. The zero-order valence-corrected chi connectivity index (χ0v) is 21.0. The number of hydrogen-bond acceptors (Lipinski definition) is 7. The van der Waals surface area contributed by atoms with Gasteiger partial charge in [-0.25, -0.2) is 9.97 Å². The molecule has 1 atom stereocenters. The van der Waals surface area contributed by atoms with Crippen LogP contribution in [0.15, 0.2) is 53.6 Å². The van der Waals surface area contributed by atoms with Crippen molar-refractivity contribution in [3.63, 3.8) is 0 Å². The molecule has 4 heterocycles. The number of anilines is 2. The number of halogens is 2. The molecule has 10 heteroatoms. The highest BCUT2D eigenvalue weighted by atomic mass is 35.5. The first kappa shape index (κ1) is 23.2. The van der Waals surface area contributed by atoms with E-state index in [1.54, 1.807) is 43.7 Å². The fourth-order valence-corrected chi connectivity index (χ4v) is 5.37. The average molecular weight is 524 g/mol. The zero-order chi connectivity index (χ0) is 24.9. The summed E-state index contributed by atoms with van der Waals surface area (Å²) in [6.07, 6.45) is 6.50. The van der Waals surface area contributed by atoms with E-state index in [0.717, 1.165) is 38.2 Å². The highest BCUT2D eigenvalue weighted by molar-refractivity contribution is 6.39. The van der Waals surface area contributed by atoms with Crippen molar-refractivity contribution in [2.24, 2.45) is 13.0 Å². The van der Waals surface area contributed by atoms with Crippen LogP contribution < -0.4 is 15.6 Å². The number of rotatable bonds is 6. The number of ether oxygens (including phenoxy) is 2. The molecule has 6 rings (SSSR count). The normalized spacial score (nSPS) is 18.4. The molecule has 184 valence electrons. The van der Waals surface area contributed by atoms with Gasteiger partial charge in [0.1, 0.15) is 22.8 Å². The lowest BCUT2D eigenvalue weighted by molar-refractivity contribution is 0.0912. The first-order valence-corrected chi connectivity index (χ1v) is 12.5. The summed E-state index contributed by atoms with van der Waals surface area (Å²) in [7, 11) is 1.66. The van der Waals surface area contributed by atoms with Crippen molar-refractivity contribution in [2.45, 2.75) is 24.9 Å². The summed E-state index contributed by atoms with van der Waals surface area (Å²) in [5.41, 5.74) is 0.986. The zero-order valence-electron chi connectivity index (χ0n) is 19.5. The summed E-state index contributed by atoms with van der Waals surface area (Å²) in [6, 6.07) is 10.6. The Morgan fingerprint density at radius 1 is 1.14 bits per heavy atom. The quantitative estimate of drug-likeness (QED) is 0.362. The van der Waals surface area contributed by atoms with Gasteiger partial charge in [-0.3, -0.25) is 9.36 Å². The molecule has 2 aliphatic rings. The second-order valence-electron chi connectivity index (χ2n) is 9.22. The fourth-order valence-electron chi connectivity index (χ4n) is 4.77. The number of nitrogens with zero attached hydrogens (tertiary/aromatic N) is 4. The van der Waals surface area contributed by atoms with Crippen LogP contribution in [0, 0.1) is 5.92 Å². The Morgan fingerprint density at radius 3 is 2.61 bits per heavy atom. The molecule has 0 bridgehead atoms. The van der Waals surface area contributed by atoms with E-state index in [9.17, 15) is 4.79 Å². The maximum Gasteiger partial charge on any atom is 0.259 e. The van der Waals surface area contributed by atoms with Crippen molar-refractivity contribution < 1.29 is 9.47 Å². The third-order valence-electron chi connectivity index (χ3n) is 6.89. The van der Waals surface area contributed by atoms with E-state index in [4.69, 9.17) is 32.7 Å². The number of benzene rings is 1. The Balaban J connectivity index is 1.24. The van der Waals surface area contributed by atoms with Gasteiger partial charge in [-0.05, 0) is 49.6 Å². The van der Waals surface area contributed by atoms with Crippen molar-refractivity contribution in [1.82, 2.24) is 19.5 Å². The number of pyridine rings is 2. The SMILES string of the molecule is Cn1c(=O)c(-c2c(Cl)cccc2Cl)cc2cnc(Nc3ccc(OC4([C@@H]5CCOC5)CC4)cn3)nc21. The van der Waals surface area contributed by atoms with E-state index in [2.05, 4.69) is 20.3 Å². The molecule has 1 saturated heterocycles. The van der Waals surface area contributed by atoms with Gasteiger partial charge >= 0.3 is 0 Å². The monoisotopic (exact) mass is 523 g/mol. The third kappa shape index (κ3) is 4.19. The molecule has 8 nitrogen and oxygen atoms in total. The summed E-state index contributed by atoms with van der Waals surface area (Å²) in [4.78, 5) is 26.6. The van der Waals surface area contributed by atoms with Gasteiger partial charge in [-0.2, -0.15) is 4.98 Å². The third-order valence-corrected chi connectivity index (χ3v) is 7.52. The average Bonchev–Trinajstić information content (AvgIpc) is 3.42. The van der Waals surface area contributed by atoms with Crippen LogP contribution >= 0.6 is 23.2 Å². The van der Waals surface area contributed by atoms with Crippen LogP contribution in [0.3, 0.4) is 0 Å². The summed E-state index contributed by atoms with van der Waals surface area (Å²) in [5, 5.41) is 4.59. The topological polar surface area (TPSA) is 91.2 Å². The van der Waals surface area contributed by atoms with Crippen molar-refractivity contribution >= 4 is 46.0 Å². The molecule has 1 aliphatic heterocycles. The van der Waals surface area contributed by atoms with Crippen LogP contribution in [0.2, 0.25) is 10.0 Å². The molecule has 36 heavy (non-hydrogen) atoms. The molecular weight excluding hydrogens is 501 g/mol. The molecule has 2 fully saturated rings. The van der Waals surface area contributed by atoms with Crippen LogP contribution in [0.1, 0.15) is 19.3 Å². The molecule has 4 aromatic rings. The minimum absolute atomic E-state index is 0.105. The maximum atomic E-state index is 13.1. The lowest BCUT2D eigenvalue weighted by Crippen LogP contribution is -2.29. The van der Waals surface area contributed by atoms with Gasteiger partial charge in [0.05, 0.1) is 28.4 Å². The molecule has 1 N–H and O–H groups in total. The minimum Gasteiger partial charge on any atom is -0.485 e. The number of aryl methyl sites for hydroxylation is 1. The molecule has 1 aliphatic carbocycles. The molecular formula is C26H23Cl2N5O3. The van der Waals surface area contributed by atoms with Gasteiger partial charge in [0.25, 0.3) is 5.56 Å². The van der Waals surface area contributed by atoms with Crippen molar-refractivity contribution in [1.29, 1.82) is 0 Å². The van der Waals surface area contributed by atoms with Crippen LogP contribution in [-0.2, 0) is 11.8 Å². The minimum atomic E-state index is -0.261. The maximum absolute atomic E-state index is 13.1. The Labute approximate surface area is 217 Å². The molecule has 1 saturated carbocycles. The van der Waals surface area contributed by atoms with Gasteiger partial charge in [-0.1, -0.05) is 29.3 Å². The van der Waals surface area contributed by atoms with E-state index in [0.29, 0.717) is 49.9 Å². The Morgan fingerprint density at radius 2 is 1.94 bits per heavy atom. The highest BCUT2D eigenvalue weighted by Gasteiger charge is 2.53. The van der Waals surface area contributed by atoms with Crippen LogP contribution in [0.25, 0.3) is 22.2 Å². The van der Waals surface area contributed by atoms with E-state index < -0.39 is 0 Å². The first-order chi connectivity index (χ1) is 17.4. The van der Waals surface area contributed by atoms with Gasteiger partial charge in [0, 0.05) is 36.7 Å². The Bertz CT molecular complexity index is 1490. The summed E-state index contributed by atoms with van der Waals surface area (Å²) in [6.45, 7) is 1.57. The summed E-state index contributed by atoms with van der Waals surface area (Å²) < 4.78 is 13.3. The van der Waals surface area contributed by atoms with Gasteiger partial charge in [0.15, 0.2) is 0 Å². The molecule has 0 unspecified atom stereocenters. The van der Waals surface area contributed by atoms with Crippen LogP contribution in [0.4, 0.5) is 11.8 Å². The predicted octanol–water partition coefficient (Wildman–Crippen LogP) is 5.39. The second kappa shape index (κ2) is 9.03. The van der Waals surface area contributed by atoms with E-state index in [-0.39, 0.29) is 11.2 Å². The Kier molecular flexibility index (Phi) is 5.82. The standard InChI is InChI=1S/C26H23Cl2N5O3/c1-33-23-15(11-18(24(33)34)22-19(27)3-2-4-20(22)28)12-30-25(32-23)31-21-6-5-17(13-29-21)36-26(8-9-26)16-7-10-35-14-16/h2-6,11-13,16H,7-10,14H2,1H3,(H,29,30,31,32)/t16-/m1/s1. The largest absolute Gasteiger partial charge is 0.485 e. The summed E-state index contributed by atoms with van der Waals surface area (Å²) in [5.74, 6) is 2.07. The van der Waals surface area contributed by atoms with Crippen molar-refractivity contribution in [3.05, 3.63) is 69.2 Å². The number of aromatic nitrogens is 4. The van der Waals surface area contributed by atoms with Gasteiger partial charge in [-0.15, -0.1) is 0 Å². The second-order valence-corrected chi connectivity index (χ2v) is 10.0. The van der Waals surface area contributed by atoms with Crippen LogP contribution in [-0.4, -0.2) is 38.3 Å². The molecule has 0 amide bonds. The van der Waals surface area contributed by atoms with Crippen molar-refractivity contribution in [2.75, 3.05) is 18.5 Å². The van der Waals surface area contributed by atoms with E-state index in [1.807, 2.05) is 12.1 Å². The van der Waals surface area contributed by atoms with Crippen molar-refractivity contribution in [3.8, 4) is 16.9 Å². The highest BCUT2D eigenvalue weighted by Crippen LogP contribution is 2.49. The van der Waals surface area contributed by atoms with E-state index >= 15 is 0 Å². The lowest BCUT2D eigenvalue weighted by atomic mass is 9.99. The lowest BCUT2D eigenvalue weighted by Gasteiger charge is -2.23. The number of hydrogen-bond donors (Lipinski definition) is 1. The van der Waals surface area contributed by atoms with Gasteiger partial charge < -0.3 is 14.8 Å². The van der Waals surface area contributed by atoms with E-state index in [1.165, 1.54) is 4.57 Å². The fraction of sp³-hybridized carbons (Fsp3) is 0.308. The molecule has 0 spiro atoms. The number of nitrogens with one attached hydrogen (secondary N) is 1. The molecule has 1 aromatic carbocycles. The smallest absolute Gasteiger partial charge is 0.259 e. The van der Waals surface area contributed by atoms with Gasteiger partial charge in [0.2, 0.25) is 5.95 Å². The van der Waals surface area contributed by atoms with Crippen LogP contribution in [0.5, 0.6) is 5.75 Å². The number of fused-ring (bicyclic) bond motifs is 1. The molecule has 3 aromatic heterocycles. The molecule has 0 radical (unpaired) electrons. The Hall–Kier alpha value is -3.20. The first-order valence-electron chi connectivity index (χ1n) is 11.7.